The third-order valence-electron chi connectivity index (χ3n) is 3.39. The van der Waals surface area contributed by atoms with E-state index in [0.29, 0.717) is 18.2 Å². The number of rotatable bonds is 4. The summed E-state index contributed by atoms with van der Waals surface area (Å²) in [7, 11) is 0. The number of hydrogen-bond acceptors (Lipinski definition) is 3. The summed E-state index contributed by atoms with van der Waals surface area (Å²) in [6, 6.07) is 7.36. The van der Waals surface area contributed by atoms with Crippen LogP contribution in [0.3, 0.4) is 0 Å². The monoisotopic (exact) mass is 253 g/mol. The van der Waals surface area contributed by atoms with Crippen molar-refractivity contribution in [3.8, 4) is 0 Å². The van der Waals surface area contributed by atoms with Crippen LogP contribution in [0.1, 0.15) is 18.9 Å². The van der Waals surface area contributed by atoms with Gasteiger partial charge in [0.25, 0.3) is 0 Å². The molecule has 1 fully saturated rings. The highest BCUT2D eigenvalue weighted by atomic mass is 35.5. The van der Waals surface area contributed by atoms with E-state index in [1.54, 1.807) is 12.1 Å². The van der Waals surface area contributed by atoms with Gasteiger partial charge in [-0.1, -0.05) is 23.7 Å². The molecule has 1 aromatic rings. The first kappa shape index (κ1) is 12.4. The molecule has 4 heteroatoms. The zero-order valence-electron chi connectivity index (χ0n) is 9.78. The van der Waals surface area contributed by atoms with Crippen LogP contribution in [0.5, 0.6) is 0 Å². The summed E-state index contributed by atoms with van der Waals surface area (Å²) in [5, 5.41) is 0.665. The maximum absolute atomic E-state index is 12.1. The van der Waals surface area contributed by atoms with Gasteiger partial charge in [0.2, 0.25) is 0 Å². The highest BCUT2D eigenvalue weighted by molar-refractivity contribution is 6.30. The molecule has 2 rings (SSSR count). The van der Waals surface area contributed by atoms with Gasteiger partial charge in [-0.25, -0.2) is 0 Å². The minimum atomic E-state index is -0.532. The lowest BCUT2D eigenvalue weighted by molar-refractivity contribution is -0.146. The van der Waals surface area contributed by atoms with Gasteiger partial charge < -0.3 is 10.5 Å². The van der Waals surface area contributed by atoms with E-state index in [0.717, 1.165) is 12.0 Å². The largest absolute Gasteiger partial charge is 0.465 e. The standard InChI is InChI=1S/C13H16ClNO2/c1-2-17-12(16)13(7-10(13)8-15)9-3-5-11(14)6-4-9/h3-6,10H,2,7-8,15H2,1H3. The van der Waals surface area contributed by atoms with E-state index in [-0.39, 0.29) is 11.9 Å². The Hall–Kier alpha value is -1.06. The molecule has 0 radical (unpaired) electrons. The minimum Gasteiger partial charge on any atom is -0.465 e. The normalized spacial score (nSPS) is 26.6. The molecule has 3 nitrogen and oxygen atoms in total. The van der Waals surface area contributed by atoms with E-state index in [9.17, 15) is 4.79 Å². The van der Waals surface area contributed by atoms with Gasteiger partial charge in [-0.2, -0.15) is 0 Å². The van der Waals surface area contributed by atoms with Gasteiger partial charge in [-0.3, -0.25) is 4.79 Å². The molecule has 2 atom stereocenters. The quantitative estimate of drug-likeness (QED) is 0.837. The van der Waals surface area contributed by atoms with Crippen LogP contribution in [0.15, 0.2) is 24.3 Å². The van der Waals surface area contributed by atoms with Gasteiger partial charge >= 0.3 is 5.97 Å². The molecule has 2 unspecified atom stereocenters. The molecular weight excluding hydrogens is 238 g/mol. The van der Waals surface area contributed by atoms with E-state index in [2.05, 4.69) is 0 Å². The van der Waals surface area contributed by atoms with Gasteiger partial charge in [0.1, 0.15) is 0 Å². The number of esters is 1. The van der Waals surface area contributed by atoms with Crippen LogP contribution in [0.25, 0.3) is 0 Å². The van der Waals surface area contributed by atoms with Crippen LogP contribution in [-0.2, 0) is 14.9 Å². The summed E-state index contributed by atoms with van der Waals surface area (Å²) < 4.78 is 5.16. The molecule has 0 bridgehead atoms. The Morgan fingerprint density at radius 1 is 1.53 bits per heavy atom. The molecule has 0 saturated heterocycles. The molecule has 0 aliphatic heterocycles. The lowest BCUT2D eigenvalue weighted by Gasteiger charge is -2.16. The van der Waals surface area contributed by atoms with Gasteiger partial charge in [-0.15, -0.1) is 0 Å². The summed E-state index contributed by atoms with van der Waals surface area (Å²) in [6.45, 7) is 2.71. The van der Waals surface area contributed by atoms with Crippen LogP contribution in [-0.4, -0.2) is 19.1 Å². The van der Waals surface area contributed by atoms with Crippen molar-refractivity contribution >= 4 is 17.6 Å². The van der Waals surface area contributed by atoms with Crippen LogP contribution in [0, 0.1) is 5.92 Å². The van der Waals surface area contributed by atoms with Crippen molar-refractivity contribution in [2.24, 2.45) is 11.7 Å². The van der Waals surface area contributed by atoms with Crippen molar-refractivity contribution in [2.75, 3.05) is 13.2 Å². The van der Waals surface area contributed by atoms with Crippen molar-refractivity contribution in [2.45, 2.75) is 18.8 Å². The third kappa shape index (κ3) is 2.05. The molecule has 17 heavy (non-hydrogen) atoms. The highest BCUT2D eigenvalue weighted by Crippen LogP contribution is 2.54. The van der Waals surface area contributed by atoms with Crippen molar-refractivity contribution in [1.29, 1.82) is 0 Å². The first-order chi connectivity index (χ1) is 8.15. The number of hydrogen-bond donors (Lipinski definition) is 1. The average Bonchev–Trinajstić information content (AvgIpc) is 3.06. The van der Waals surface area contributed by atoms with E-state index in [1.165, 1.54) is 0 Å². The summed E-state index contributed by atoms with van der Waals surface area (Å²) in [5.74, 6) is 0.0143. The second kappa shape index (κ2) is 4.67. The van der Waals surface area contributed by atoms with Crippen molar-refractivity contribution in [3.63, 3.8) is 0 Å². The molecule has 92 valence electrons. The third-order valence-corrected chi connectivity index (χ3v) is 3.64. The van der Waals surface area contributed by atoms with Crippen LogP contribution >= 0.6 is 11.6 Å². The Kier molecular flexibility index (Phi) is 3.40. The fourth-order valence-corrected chi connectivity index (χ4v) is 2.47. The fraction of sp³-hybridized carbons (Fsp3) is 0.462. The van der Waals surface area contributed by atoms with Crippen LogP contribution in [0.4, 0.5) is 0 Å². The predicted molar refractivity (Wildman–Crippen MR) is 66.9 cm³/mol. The zero-order valence-corrected chi connectivity index (χ0v) is 10.5. The first-order valence-corrected chi connectivity index (χ1v) is 6.16. The average molecular weight is 254 g/mol. The van der Waals surface area contributed by atoms with Gasteiger partial charge in [0.15, 0.2) is 0 Å². The molecule has 0 heterocycles. The smallest absolute Gasteiger partial charge is 0.316 e. The maximum Gasteiger partial charge on any atom is 0.316 e. The highest BCUT2D eigenvalue weighted by Gasteiger charge is 2.61. The van der Waals surface area contributed by atoms with Crippen molar-refractivity contribution in [1.82, 2.24) is 0 Å². The maximum atomic E-state index is 12.1. The molecule has 1 saturated carbocycles. The lowest BCUT2D eigenvalue weighted by atomic mass is 9.93. The summed E-state index contributed by atoms with van der Waals surface area (Å²) in [5.41, 5.74) is 6.10. The minimum absolute atomic E-state index is 0.169. The van der Waals surface area contributed by atoms with Crippen LogP contribution in [0.2, 0.25) is 5.02 Å². The summed E-state index contributed by atoms with van der Waals surface area (Å²) in [4.78, 5) is 12.1. The second-order valence-corrected chi connectivity index (χ2v) is 4.77. The fourth-order valence-electron chi connectivity index (χ4n) is 2.34. The second-order valence-electron chi connectivity index (χ2n) is 4.34. The van der Waals surface area contributed by atoms with E-state index >= 15 is 0 Å². The SMILES string of the molecule is CCOC(=O)C1(c2ccc(Cl)cc2)CC1CN. The molecule has 0 spiro atoms. The number of ether oxygens (including phenoxy) is 1. The van der Waals surface area contributed by atoms with E-state index in [1.807, 2.05) is 19.1 Å². The van der Waals surface area contributed by atoms with E-state index in [4.69, 9.17) is 22.1 Å². The Balaban J connectivity index is 2.30. The molecule has 1 aromatic carbocycles. The molecule has 0 aromatic heterocycles. The number of nitrogens with two attached hydrogens (primary N) is 1. The van der Waals surface area contributed by atoms with Gasteiger partial charge in [0.05, 0.1) is 12.0 Å². The zero-order chi connectivity index (χ0) is 12.5. The predicted octanol–water partition coefficient (Wildman–Crippen LogP) is 2.12. The Labute approximate surface area is 106 Å². The number of halogens is 1. The Morgan fingerprint density at radius 3 is 2.65 bits per heavy atom. The molecular formula is C13H16ClNO2. The number of carbonyl (C=O) groups is 1. The Bertz CT molecular complexity index is 418. The molecule has 1 aliphatic carbocycles. The van der Waals surface area contributed by atoms with Gasteiger partial charge in [-0.05, 0) is 43.5 Å². The first-order valence-electron chi connectivity index (χ1n) is 5.78. The summed E-state index contributed by atoms with van der Waals surface area (Å²) in [6.07, 6.45) is 0.768. The summed E-state index contributed by atoms with van der Waals surface area (Å²) >= 11 is 5.85. The topological polar surface area (TPSA) is 52.3 Å². The number of benzene rings is 1. The molecule has 0 amide bonds. The Morgan fingerprint density at radius 2 is 2.18 bits per heavy atom. The van der Waals surface area contributed by atoms with Crippen molar-refractivity contribution < 1.29 is 9.53 Å². The van der Waals surface area contributed by atoms with Crippen LogP contribution < -0.4 is 5.73 Å². The lowest BCUT2D eigenvalue weighted by Crippen LogP contribution is -2.27. The number of carbonyl (C=O) groups excluding carboxylic acids is 1. The van der Waals surface area contributed by atoms with E-state index < -0.39 is 5.41 Å². The molecule has 2 N–H and O–H groups in total. The molecule has 1 aliphatic rings. The van der Waals surface area contributed by atoms with Crippen molar-refractivity contribution in [3.05, 3.63) is 34.9 Å². The van der Waals surface area contributed by atoms with Gasteiger partial charge in [0, 0.05) is 5.02 Å².